The summed E-state index contributed by atoms with van der Waals surface area (Å²) in [6.45, 7) is 4.62. The van der Waals surface area contributed by atoms with Gasteiger partial charge in [0.2, 0.25) is 0 Å². The van der Waals surface area contributed by atoms with E-state index in [1.54, 1.807) is 24.8 Å². The van der Waals surface area contributed by atoms with E-state index in [4.69, 9.17) is 39.9 Å². The maximum atomic E-state index is 5.21. The molecular formula is C129H80N12. The first-order chi connectivity index (χ1) is 69.6. The molecule has 0 bridgehead atoms. The van der Waals surface area contributed by atoms with Crippen LogP contribution in [-0.2, 0) is 5.41 Å². The number of nitrogens with zero attached hydrogens (tertiary/aromatic N) is 12. The zero-order valence-electron chi connectivity index (χ0n) is 76.6. The molecule has 12 heterocycles. The van der Waals surface area contributed by atoms with Crippen LogP contribution in [0.2, 0.25) is 0 Å². The van der Waals surface area contributed by atoms with Gasteiger partial charge in [0.05, 0.1) is 95.4 Å². The van der Waals surface area contributed by atoms with Crippen LogP contribution >= 0.6 is 0 Å². The van der Waals surface area contributed by atoms with Crippen LogP contribution in [0.3, 0.4) is 0 Å². The predicted molar refractivity (Wildman–Crippen MR) is 581 cm³/mol. The first-order valence-corrected chi connectivity index (χ1v) is 47.6. The van der Waals surface area contributed by atoms with E-state index in [-0.39, 0.29) is 5.41 Å². The van der Waals surface area contributed by atoms with Gasteiger partial charge in [0.25, 0.3) is 0 Å². The van der Waals surface area contributed by atoms with Crippen molar-refractivity contribution in [2.75, 3.05) is 0 Å². The molecule has 0 unspecified atom stereocenters. The molecule has 12 heteroatoms. The Balaban J connectivity index is 0.0000000942. The van der Waals surface area contributed by atoms with E-state index >= 15 is 0 Å². The summed E-state index contributed by atoms with van der Waals surface area (Å²) in [5.74, 6) is 0. The van der Waals surface area contributed by atoms with Crippen LogP contribution in [0.5, 0.6) is 0 Å². The standard InChI is InChI=1S/2C33H19N3.C32H23N3.C31H19N3/c1-2-7-24-23(6-1)26-8-3-9-27-25(14-15-28(24)31(26)27)30-17-13-21-11-10-20-12-16-29(22-5-4-18-34-19-22)35-32(20)33(21)36-30;1-2-19-34-28(6-1)29-18-14-24-10-9-23-13-17-27(35-32(23)33(24)36-29)25-15-11-22-8-7-20-4-3-5-21-12-16-26(25)31(22)30(20)21;1-32(2)26-8-4-3-7-24(26)25-14-11-22(18-27(25)32)28-15-12-20-9-10-21-13-16-29(23-6-5-17-33-19-23)35-31(21)30(20)34-28;1-2-8-24-22(6-1)18-27(26-10-4-3-9-25(24)26)29-16-14-21-12-11-20-13-15-28(23-7-5-17-32-19-23)33-30(20)31(21)34-29/h2*1-19H;3-19H,1-2H3;1-19H. The molecule has 0 fully saturated rings. The fourth-order valence-corrected chi connectivity index (χ4v) is 21.5. The molecule has 656 valence electrons. The van der Waals surface area contributed by atoms with Crippen molar-refractivity contribution < 1.29 is 0 Å². The first-order valence-electron chi connectivity index (χ1n) is 47.6. The summed E-state index contributed by atoms with van der Waals surface area (Å²) in [5, 5.41) is 23.8. The lowest BCUT2D eigenvalue weighted by Crippen LogP contribution is -2.14. The Bertz CT molecular complexity index is 9950. The van der Waals surface area contributed by atoms with Crippen molar-refractivity contribution in [2.24, 2.45) is 0 Å². The second-order valence-electron chi connectivity index (χ2n) is 36.9. The highest BCUT2D eigenvalue weighted by Crippen LogP contribution is 2.52. The van der Waals surface area contributed by atoms with Crippen molar-refractivity contribution in [2.45, 2.75) is 19.3 Å². The summed E-state index contributed by atoms with van der Waals surface area (Å²) in [7, 11) is 0. The van der Waals surface area contributed by atoms with Gasteiger partial charge in [-0.3, -0.25) is 19.9 Å². The van der Waals surface area contributed by atoms with Crippen LogP contribution in [-0.4, -0.2) is 59.8 Å². The van der Waals surface area contributed by atoms with E-state index in [1.807, 2.05) is 85.3 Å². The highest BCUT2D eigenvalue weighted by atomic mass is 14.8. The Hall–Kier alpha value is -18.8. The Morgan fingerprint density at radius 1 is 0.163 bits per heavy atom. The van der Waals surface area contributed by atoms with Gasteiger partial charge in [-0.15, -0.1) is 0 Å². The average Bonchev–Trinajstić information content (AvgIpc) is 1.72. The molecule has 0 atom stereocenters. The summed E-state index contributed by atoms with van der Waals surface area (Å²) in [6.07, 6.45) is 12.7. The number of benzene rings is 16. The van der Waals surface area contributed by atoms with Crippen LogP contribution in [0, 0.1) is 0 Å². The maximum Gasteiger partial charge on any atom is 0.0973 e. The normalized spacial score (nSPS) is 12.2. The Morgan fingerprint density at radius 2 is 0.504 bits per heavy atom. The number of fused-ring (bicyclic) bond motifs is 21. The summed E-state index contributed by atoms with van der Waals surface area (Å²) >= 11 is 0. The highest BCUT2D eigenvalue weighted by Gasteiger charge is 2.36. The molecule has 141 heavy (non-hydrogen) atoms. The minimum Gasteiger partial charge on any atom is -0.264 e. The van der Waals surface area contributed by atoms with Crippen molar-refractivity contribution in [3.63, 3.8) is 0 Å². The van der Waals surface area contributed by atoms with Gasteiger partial charge >= 0.3 is 0 Å². The lowest BCUT2D eigenvalue weighted by atomic mass is 9.82. The van der Waals surface area contributed by atoms with Crippen molar-refractivity contribution in [3.05, 3.63) is 461 Å². The first kappa shape index (κ1) is 81.7. The summed E-state index contributed by atoms with van der Waals surface area (Å²) < 4.78 is 0. The molecule has 2 aliphatic carbocycles. The van der Waals surface area contributed by atoms with E-state index < -0.39 is 0 Å². The topological polar surface area (TPSA) is 155 Å². The van der Waals surface area contributed by atoms with E-state index in [9.17, 15) is 0 Å². The van der Waals surface area contributed by atoms with Gasteiger partial charge in [-0.2, -0.15) is 0 Å². The van der Waals surface area contributed by atoms with E-state index in [2.05, 4.69) is 373 Å². The fraction of sp³-hybridized carbons (Fsp3) is 0.0233. The Kier molecular flexibility index (Phi) is 19.3. The molecule has 28 aromatic rings. The lowest BCUT2D eigenvalue weighted by molar-refractivity contribution is 0.660. The zero-order chi connectivity index (χ0) is 93.3. The van der Waals surface area contributed by atoms with E-state index in [1.165, 1.54) is 109 Å². The van der Waals surface area contributed by atoms with Gasteiger partial charge in [0.15, 0.2) is 0 Å². The largest absolute Gasteiger partial charge is 0.264 e. The molecule has 2 aliphatic rings. The molecule has 30 rings (SSSR count). The number of hydrogen-bond donors (Lipinski definition) is 0. The van der Waals surface area contributed by atoms with Crippen LogP contribution < -0.4 is 0 Å². The highest BCUT2D eigenvalue weighted by molar-refractivity contribution is 6.26. The average molecular weight is 1800 g/mol. The summed E-state index contributed by atoms with van der Waals surface area (Å²) in [5.41, 5.74) is 33.7. The molecular weight excluding hydrogens is 1720 g/mol. The van der Waals surface area contributed by atoms with Crippen molar-refractivity contribution in [1.29, 1.82) is 0 Å². The minimum absolute atomic E-state index is 0.0361. The lowest BCUT2D eigenvalue weighted by Gasteiger charge is -2.21. The number of rotatable bonds is 8. The molecule has 0 spiro atoms. The van der Waals surface area contributed by atoms with Crippen LogP contribution in [0.15, 0.2) is 450 Å². The second kappa shape index (κ2) is 33.3. The molecule has 0 saturated carbocycles. The third kappa shape index (κ3) is 14.0. The van der Waals surface area contributed by atoms with Crippen molar-refractivity contribution in [3.8, 4) is 124 Å². The fourth-order valence-electron chi connectivity index (χ4n) is 21.5. The van der Waals surface area contributed by atoms with Gasteiger partial charge < -0.3 is 0 Å². The third-order valence-electron chi connectivity index (χ3n) is 28.4. The summed E-state index contributed by atoms with van der Waals surface area (Å²) in [6, 6.07) is 143. The van der Waals surface area contributed by atoms with Gasteiger partial charge in [0, 0.05) is 131 Å². The molecule has 0 N–H and O–H groups in total. The smallest absolute Gasteiger partial charge is 0.0973 e. The number of aromatic nitrogens is 12. The van der Waals surface area contributed by atoms with Gasteiger partial charge in [0.1, 0.15) is 0 Å². The summed E-state index contributed by atoms with van der Waals surface area (Å²) in [4.78, 5) is 58.1. The van der Waals surface area contributed by atoms with Crippen LogP contribution in [0.1, 0.15) is 25.0 Å². The number of hydrogen-bond acceptors (Lipinski definition) is 12. The van der Waals surface area contributed by atoms with Crippen molar-refractivity contribution in [1.82, 2.24) is 59.8 Å². The third-order valence-corrected chi connectivity index (χ3v) is 28.4. The minimum atomic E-state index is -0.0361. The quantitative estimate of drug-likeness (QED) is 0.133. The SMILES string of the molecule is CC1(C)c2ccccc2-c2ccc(-c3ccc4ccc5ccc(-c6cccnc6)nc5c4n3)cc21.c1ccc(-c2ccc3ccc4ccc(-c5ccc6ccc7cccc8ccc5c6c78)nc4c3n2)nc1.c1cncc(-c2ccc3ccc4ccc(-c5cc6ccccc6c6ccccc56)nc4c3n2)c1.c1cncc(-c2ccc3ccc4ccc(-c5ccc6c7c(cccc57)-c5ccccc5-6)nc4c3n2)c1. The predicted octanol–water partition coefficient (Wildman–Crippen LogP) is 32.4. The van der Waals surface area contributed by atoms with Gasteiger partial charge in [-0.05, 0) is 218 Å². The monoisotopic (exact) mass is 1800 g/mol. The van der Waals surface area contributed by atoms with Crippen LogP contribution in [0.25, 0.3) is 275 Å². The second-order valence-corrected chi connectivity index (χ2v) is 36.9. The maximum absolute atomic E-state index is 5.21. The molecule has 0 aliphatic heterocycles. The zero-order valence-corrected chi connectivity index (χ0v) is 76.6. The molecule has 0 radical (unpaired) electrons. The Morgan fingerprint density at radius 3 is 1.01 bits per heavy atom. The molecule has 0 amide bonds. The Labute approximate surface area is 809 Å². The van der Waals surface area contributed by atoms with E-state index in [0.29, 0.717) is 0 Å². The molecule has 16 aromatic carbocycles. The molecule has 12 nitrogen and oxygen atoms in total. The van der Waals surface area contributed by atoms with E-state index in [0.717, 1.165) is 177 Å². The van der Waals surface area contributed by atoms with Gasteiger partial charge in [-0.25, -0.2) is 39.9 Å². The number of pyridine rings is 12. The molecule has 0 saturated heterocycles. The van der Waals surface area contributed by atoms with Crippen molar-refractivity contribution >= 4 is 152 Å². The van der Waals surface area contributed by atoms with Gasteiger partial charge in [-0.1, -0.05) is 311 Å². The molecule has 12 aromatic heterocycles. The van der Waals surface area contributed by atoms with Crippen LogP contribution in [0.4, 0.5) is 0 Å².